The summed E-state index contributed by atoms with van der Waals surface area (Å²) in [4.78, 5) is 4.39. The maximum Gasteiger partial charge on any atom is 0.128 e. The molecule has 2 N–H and O–H groups in total. The van der Waals surface area contributed by atoms with Crippen molar-refractivity contribution in [2.24, 2.45) is 12.8 Å². The molecule has 0 bridgehead atoms. The monoisotopic (exact) mass is 313 g/mol. The molecule has 1 aromatic heterocycles. The van der Waals surface area contributed by atoms with Crippen LogP contribution in [-0.4, -0.2) is 16.7 Å². The van der Waals surface area contributed by atoms with Crippen molar-refractivity contribution in [3.05, 3.63) is 34.4 Å². The highest BCUT2D eigenvalue weighted by molar-refractivity contribution is 9.10. The highest BCUT2D eigenvalue weighted by Gasteiger charge is 2.17. The molecule has 18 heavy (non-hydrogen) atoms. The minimum Gasteiger partial charge on any atom is -0.496 e. The Bertz CT molecular complexity index is 583. The largest absolute Gasteiger partial charge is 0.496 e. The van der Waals surface area contributed by atoms with E-state index < -0.39 is 0 Å². The van der Waals surface area contributed by atoms with E-state index in [1.54, 1.807) is 6.07 Å². The molecular weight excluding hydrogens is 301 g/mol. The highest BCUT2D eigenvalue weighted by Crippen LogP contribution is 2.35. The van der Waals surface area contributed by atoms with Crippen LogP contribution >= 0.6 is 15.9 Å². The van der Waals surface area contributed by atoms with Crippen LogP contribution in [0.2, 0.25) is 0 Å². The number of ether oxygens (including phenoxy) is 1. The minimum atomic E-state index is -0.336. The lowest BCUT2D eigenvalue weighted by atomic mass is 10.1. The summed E-state index contributed by atoms with van der Waals surface area (Å²) in [6.07, 6.45) is 0. The number of aromatic nitrogens is 2. The lowest BCUT2D eigenvalue weighted by molar-refractivity contribution is 0.415. The predicted octanol–water partition coefficient (Wildman–Crippen LogP) is 2.46. The topological polar surface area (TPSA) is 53.1 Å². The molecule has 0 fully saturated rings. The van der Waals surface area contributed by atoms with Gasteiger partial charge in [-0.25, -0.2) is 9.37 Å². The van der Waals surface area contributed by atoms with Crippen molar-refractivity contribution in [2.75, 3.05) is 7.11 Å². The average molecular weight is 314 g/mol. The Labute approximate surface area is 113 Å². The van der Waals surface area contributed by atoms with Crippen LogP contribution in [0.3, 0.4) is 0 Å². The van der Waals surface area contributed by atoms with Crippen molar-refractivity contribution in [1.82, 2.24) is 9.55 Å². The lowest BCUT2D eigenvalue weighted by Crippen LogP contribution is -2.04. The van der Waals surface area contributed by atoms with E-state index in [1.165, 1.54) is 19.2 Å². The summed E-state index contributed by atoms with van der Waals surface area (Å²) < 4.78 is 21.1. The fourth-order valence-electron chi connectivity index (χ4n) is 1.74. The van der Waals surface area contributed by atoms with Crippen molar-refractivity contribution in [3.63, 3.8) is 0 Å². The maximum atomic E-state index is 13.4. The summed E-state index contributed by atoms with van der Waals surface area (Å²) >= 11 is 3.43. The number of hydrogen-bond acceptors (Lipinski definition) is 3. The molecule has 1 aromatic carbocycles. The smallest absolute Gasteiger partial charge is 0.128 e. The van der Waals surface area contributed by atoms with E-state index in [4.69, 9.17) is 10.5 Å². The molecule has 0 aliphatic heterocycles. The quantitative estimate of drug-likeness (QED) is 0.947. The van der Waals surface area contributed by atoms with Crippen molar-refractivity contribution in [1.29, 1.82) is 0 Å². The van der Waals surface area contributed by atoms with E-state index >= 15 is 0 Å². The second kappa shape index (κ2) is 5.07. The van der Waals surface area contributed by atoms with Gasteiger partial charge in [0, 0.05) is 12.6 Å². The van der Waals surface area contributed by atoms with E-state index in [0.717, 1.165) is 4.60 Å². The molecule has 0 aliphatic carbocycles. The summed E-state index contributed by atoms with van der Waals surface area (Å²) in [5.41, 5.74) is 6.82. The number of imidazole rings is 1. The Morgan fingerprint density at radius 2 is 2.22 bits per heavy atom. The fourth-order valence-corrected chi connectivity index (χ4v) is 2.25. The SMILES string of the molecule is COc1ccc(F)cc1-c1nc(CN)n(C)c1Br. The second-order valence-electron chi connectivity index (χ2n) is 3.78. The van der Waals surface area contributed by atoms with Crippen LogP contribution in [0.5, 0.6) is 5.75 Å². The summed E-state index contributed by atoms with van der Waals surface area (Å²) in [7, 11) is 3.38. The molecule has 6 heteroatoms. The highest BCUT2D eigenvalue weighted by atomic mass is 79.9. The first-order chi connectivity index (χ1) is 8.58. The summed E-state index contributed by atoms with van der Waals surface area (Å²) in [6.45, 7) is 0.312. The number of nitrogens with zero attached hydrogens (tertiary/aromatic N) is 2. The molecule has 4 nitrogen and oxygen atoms in total. The van der Waals surface area contributed by atoms with Gasteiger partial charge in [-0.3, -0.25) is 0 Å². The van der Waals surface area contributed by atoms with Gasteiger partial charge in [-0.05, 0) is 34.1 Å². The predicted molar refractivity (Wildman–Crippen MR) is 70.7 cm³/mol. The zero-order valence-electron chi connectivity index (χ0n) is 10.1. The van der Waals surface area contributed by atoms with E-state index in [0.29, 0.717) is 29.4 Å². The first-order valence-corrected chi connectivity index (χ1v) is 6.12. The number of benzene rings is 1. The van der Waals surface area contributed by atoms with Gasteiger partial charge in [0.1, 0.15) is 27.7 Å². The summed E-state index contributed by atoms with van der Waals surface area (Å²) in [5, 5.41) is 0. The Hall–Kier alpha value is -1.40. The summed E-state index contributed by atoms with van der Waals surface area (Å²) in [5.74, 6) is 0.944. The van der Waals surface area contributed by atoms with Gasteiger partial charge in [0.25, 0.3) is 0 Å². The number of methoxy groups -OCH3 is 1. The third-order valence-electron chi connectivity index (χ3n) is 2.72. The van der Waals surface area contributed by atoms with Crippen LogP contribution in [0.1, 0.15) is 5.82 Å². The molecule has 0 spiro atoms. The van der Waals surface area contributed by atoms with Gasteiger partial charge >= 0.3 is 0 Å². The lowest BCUT2D eigenvalue weighted by Gasteiger charge is -2.06. The Morgan fingerprint density at radius 3 is 2.78 bits per heavy atom. The zero-order chi connectivity index (χ0) is 13.3. The molecule has 2 aromatic rings. The van der Waals surface area contributed by atoms with E-state index in [-0.39, 0.29) is 5.82 Å². The fraction of sp³-hybridized carbons (Fsp3) is 0.250. The molecule has 0 aliphatic rings. The van der Waals surface area contributed by atoms with E-state index in [9.17, 15) is 4.39 Å². The van der Waals surface area contributed by atoms with Crippen LogP contribution in [-0.2, 0) is 13.6 Å². The van der Waals surface area contributed by atoms with Crippen LogP contribution in [0.4, 0.5) is 4.39 Å². The second-order valence-corrected chi connectivity index (χ2v) is 4.53. The first kappa shape index (κ1) is 13.0. The molecule has 0 amide bonds. The normalized spacial score (nSPS) is 10.7. The molecule has 0 atom stereocenters. The summed E-state index contributed by atoms with van der Waals surface area (Å²) in [6, 6.07) is 4.32. The molecule has 0 saturated carbocycles. The minimum absolute atomic E-state index is 0.312. The van der Waals surface area contributed by atoms with Crippen LogP contribution in [0.25, 0.3) is 11.3 Å². The third kappa shape index (κ3) is 2.13. The number of halogens is 2. The number of nitrogens with two attached hydrogens (primary N) is 1. The molecule has 0 unspecified atom stereocenters. The molecule has 0 saturated heterocycles. The zero-order valence-corrected chi connectivity index (χ0v) is 11.7. The van der Waals surface area contributed by atoms with Crippen LogP contribution in [0, 0.1) is 5.82 Å². The van der Waals surface area contributed by atoms with Crippen molar-refractivity contribution >= 4 is 15.9 Å². The Balaban J connectivity index is 2.64. The van der Waals surface area contributed by atoms with Crippen molar-refractivity contribution in [2.45, 2.75) is 6.54 Å². The van der Waals surface area contributed by atoms with Gasteiger partial charge in [-0.15, -0.1) is 0 Å². The average Bonchev–Trinajstić information content (AvgIpc) is 2.66. The van der Waals surface area contributed by atoms with Gasteiger partial charge in [-0.2, -0.15) is 0 Å². The van der Waals surface area contributed by atoms with Crippen LogP contribution < -0.4 is 10.5 Å². The Kier molecular flexibility index (Phi) is 3.68. The maximum absolute atomic E-state index is 13.4. The third-order valence-corrected chi connectivity index (χ3v) is 3.62. The molecular formula is C12H13BrFN3O. The number of rotatable bonds is 3. The van der Waals surface area contributed by atoms with Gasteiger partial charge < -0.3 is 15.0 Å². The first-order valence-electron chi connectivity index (χ1n) is 5.33. The van der Waals surface area contributed by atoms with Crippen molar-refractivity contribution < 1.29 is 9.13 Å². The van der Waals surface area contributed by atoms with Gasteiger partial charge in [-0.1, -0.05) is 0 Å². The van der Waals surface area contributed by atoms with E-state index in [2.05, 4.69) is 20.9 Å². The van der Waals surface area contributed by atoms with Crippen LogP contribution in [0.15, 0.2) is 22.8 Å². The molecule has 1 heterocycles. The van der Waals surface area contributed by atoms with E-state index in [1.807, 2.05) is 11.6 Å². The molecule has 2 rings (SSSR count). The standard InChI is InChI=1S/C12H13BrFN3O/c1-17-10(6-15)16-11(12(17)13)8-5-7(14)3-4-9(8)18-2/h3-5H,6,15H2,1-2H3. The Morgan fingerprint density at radius 1 is 1.50 bits per heavy atom. The van der Waals surface area contributed by atoms with Gasteiger partial charge in [0.15, 0.2) is 0 Å². The van der Waals surface area contributed by atoms with Gasteiger partial charge in [0.05, 0.1) is 13.7 Å². The molecule has 0 radical (unpaired) electrons. The van der Waals surface area contributed by atoms with Gasteiger partial charge in [0.2, 0.25) is 0 Å². The molecule has 96 valence electrons. The van der Waals surface area contributed by atoms with Crippen molar-refractivity contribution in [3.8, 4) is 17.0 Å². The number of hydrogen-bond donors (Lipinski definition) is 1.